The first-order valence-electron chi connectivity index (χ1n) is 7.45. The van der Waals surface area contributed by atoms with Crippen LogP contribution in [0.3, 0.4) is 0 Å². The van der Waals surface area contributed by atoms with Crippen LogP contribution in [-0.2, 0) is 16.0 Å². The summed E-state index contributed by atoms with van der Waals surface area (Å²) < 4.78 is 4.89. The zero-order valence-corrected chi connectivity index (χ0v) is 14.8. The molecule has 0 atom stereocenters. The third-order valence-corrected chi connectivity index (χ3v) is 4.26. The molecular formula is C16H14ClN5O2S. The maximum atomic E-state index is 11.4. The molecule has 0 spiro atoms. The topological polar surface area (TPSA) is 89.4 Å². The Hall–Kier alpha value is -2.58. The molecule has 3 aromatic rings. The summed E-state index contributed by atoms with van der Waals surface area (Å²) in [5.74, 6) is -0.293. The number of carbonyl (C=O) groups is 1. The average molecular weight is 376 g/mol. The van der Waals surface area contributed by atoms with Gasteiger partial charge in [-0.1, -0.05) is 17.7 Å². The van der Waals surface area contributed by atoms with Crippen LogP contribution < -0.4 is 5.43 Å². The number of nitrogens with zero attached hydrogens (tertiary/aromatic N) is 4. The third kappa shape index (κ3) is 4.49. The SMILES string of the molecule is CCOC(=O)Cc1csc(NN=Cc2ccc3ncnc(Cl)c3c2)n1. The van der Waals surface area contributed by atoms with Gasteiger partial charge in [0.2, 0.25) is 5.13 Å². The molecule has 9 heteroatoms. The smallest absolute Gasteiger partial charge is 0.311 e. The number of carbonyl (C=O) groups excluding carboxylic acids is 1. The summed E-state index contributed by atoms with van der Waals surface area (Å²) in [6.07, 6.45) is 3.23. The molecule has 0 aliphatic heterocycles. The van der Waals surface area contributed by atoms with Crippen molar-refractivity contribution in [2.45, 2.75) is 13.3 Å². The van der Waals surface area contributed by atoms with Gasteiger partial charge in [0.05, 0.1) is 30.5 Å². The highest BCUT2D eigenvalue weighted by atomic mass is 35.5. The zero-order valence-electron chi connectivity index (χ0n) is 13.3. The lowest BCUT2D eigenvalue weighted by Crippen LogP contribution is -2.07. The normalized spacial score (nSPS) is 11.1. The number of nitrogens with one attached hydrogen (secondary N) is 1. The summed E-state index contributed by atoms with van der Waals surface area (Å²) in [5, 5.41) is 7.70. The van der Waals surface area contributed by atoms with E-state index in [0.29, 0.717) is 22.6 Å². The molecular weight excluding hydrogens is 362 g/mol. The largest absolute Gasteiger partial charge is 0.466 e. The number of rotatable bonds is 6. The first kappa shape index (κ1) is 17.2. The van der Waals surface area contributed by atoms with Gasteiger partial charge in [-0.05, 0) is 24.6 Å². The lowest BCUT2D eigenvalue weighted by Gasteiger charge is -2.00. The summed E-state index contributed by atoms with van der Waals surface area (Å²) >= 11 is 7.43. The Morgan fingerprint density at radius 1 is 1.44 bits per heavy atom. The Kier molecular flexibility index (Phi) is 5.52. The van der Waals surface area contributed by atoms with E-state index in [2.05, 4.69) is 25.5 Å². The van der Waals surface area contributed by atoms with Crippen molar-refractivity contribution in [1.29, 1.82) is 0 Å². The number of benzene rings is 1. The van der Waals surface area contributed by atoms with Crippen molar-refractivity contribution >= 4 is 51.2 Å². The van der Waals surface area contributed by atoms with Gasteiger partial charge in [-0.25, -0.2) is 15.0 Å². The number of halogens is 1. The van der Waals surface area contributed by atoms with Crippen LogP contribution in [0.2, 0.25) is 5.15 Å². The van der Waals surface area contributed by atoms with Crippen LogP contribution in [0.25, 0.3) is 10.9 Å². The first-order valence-corrected chi connectivity index (χ1v) is 8.71. The predicted octanol–water partition coefficient (Wildman–Crippen LogP) is 3.29. The minimum absolute atomic E-state index is 0.152. The Morgan fingerprint density at radius 2 is 2.32 bits per heavy atom. The molecule has 0 aliphatic carbocycles. The molecule has 0 saturated carbocycles. The van der Waals surface area contributed by atoms with Crippen LogP contribution in [0.1, 0.15) is 18.2 Å². The Balaban J connectivity index is 1.64. The van der Waals surface area contributed by atoms with E-state index >= 15 is 0 Å². The second-order valence-electron chi connectivity index (χ2n) is 4.94. The molecule has 2 heterocycles. The van der Waals surface area contributed by atoms with Crippen molar-refractivity contribution < 1.29 is 9.53 Å². The third-order valence-electron chi connectivity index (χ3n) is 3.17. The van der Waals surface area contributed by atoms with Crippen LogP contribution in [0.4, 0.5) is 5.13 Å². The average Bonchev–Trinajstić information content (AvgIpc) is 3.03. The van der Waals surface area contributed by atoms with Crippen LogP contribution in [0.5, 0.6) is 0 Å². The Labute approximate surface area is 152 Å². The van der Waals surface area contributed by atoms with E-state index in [1.54, 1.807) is 18.5 Å². The van der Waals surface area contributed by atoms with E-state index in [0.717, 1.165) is 16.5 Å². The highest BCUT2D eigenvalue weighted by Gasteiger charge is 2.08. The van der Waals surface area contributed by atoms with Crippen molar-refractivity contribution in [3.8, 4) is 0 Å². The molecule has 0 amide bonds. The molecule has 2 aromatic heterocycles. The van der Waals surface area contributed by atoms with E-state index in [1.807, 2.05) is 18.2 Å². The van der Waals surface area contributed by atoms with Crippen molar-refractivity contribution in [1.82, 2.24) is 15.0 Å². The maximum Gasteiger partial charge on any atom is 0.311 e. The molecule has 128 valence electrons. The van der Waals surface area contributed by atoms with Crippen LogP contribution in [0.15, 0.2) is 35.0 Å². The van der Waals surface area contributed by atoms with Gasteiger partial charge in [0, 0.05) is 10.8 Å². The molecule has 3 rings (SSSR count). The number of hydrazone groups is 1. The second-order valence-corrected chi connectivity index (χ2v) is 6.15. The number of esters is 1. The first-order chi connectivity index (χ1) is 12.2. The Bertz CT molecular complexity index is 928. The van der Waals surface area contributed by atoms with Crippen LogP contribution in [0, 0.1) is 0 Å². The van der Waals surface area contributed by atoms with Crippen molar-refractivity contribution in [2.24, 2.45) is 5.10 Å². The van der Waals surface area contributed by atoms with Gasteiger partial charge in [-0.15, -0.1) is 11.3 Å². The predicted molar refractivity (Wildman–Crippen MR) is 98.2 cm³/mol. The molecule has 0 unspecified atom stereocenters. The minimum atomic E-state index is -0.293. The molecule has 0 saturated heterocycles. The van der Waals surface area contributed by atoms with E-state index in [1.165, 1.54) is 17.7 Å². The van der Waals surface area contributed by atoms with Crippen molar-refractivity contribution in [3.05, 3.63) is 46.3 Å². The van der Waals surface area contributed by atoms with Gasteiger partial charge in [-0.2, -0.15) is 5.10 Å². The number of anilines is 1. The summed E-state index contributed by atoms with van der Waals surface area (Å²) in [6, 6.07) is 5.59. The fourth-order valence-corrected chi connectivity index (χ4v) is 2.94. The maximum absolute atomic E-state index is 11.4. The van der Waals surface area contributed by atoms with E-state index in [9.17, 15) is 4.79 Å². The number of aromatic nitrogens is 3. The van der Waals surface area contributed by atoms with Gasteiger partial charge in [0.25, 0.3) is 0 Å². The second kappa shape index (κ2) is 8.00. The highest BCUT2D eigenvalue weighted by molar-refractivity contribution is 7.13. The quantitative estimate of drug-likeness (QED) is 0.308. The van der Waals surface area contributed by atoms with Gasteiger partial charge < -0.3 is 4.74 Å². The minimum Gasteiger partial charge on any atom is -0.466 e. The lowest BCUT2D eigenvalue weighted by atomic mass is 10.2. The highest BCUT2D eigenvalue weighted by Crippen LogP contribution is 2.20. The van der Waals surface area contributed by atoms with E-state index < -0.39 is 0 Å². The molecule has 7 nitrogen and oxygen atoms in total. The number of hydrogen-bond donors (Lipinski definition) is 1. The lowest BCUT2D eigenvalue weighted by molar-refractivity contribution is -0.142. The Morgan fingerprint density at radius 3 is 3.16 bits per heavy atom. The molecule has 0 fully saturated rings. The van der Waals surface area contributed by atoms with Gasteiger partial charge in [0.15, 0.2) is 0 Å². The zero-order chi connectivity index (χ0) is 17.6. The standard InChI is InChI=1S/C16H14ClN5O2S/c1-2-24-14(23)6-11-8-25-16(21-11)22-20-7-10-3-4-13-12(5-10)15(17)19-9-18-13/h3-5,7-9H,2,6H2,1H3,(H,21,22). The van der Waals surface area contributed by atoms with Gasteiger partial charge in [-0.3, -0.25) is 10.2 Å². The number of ether oxygens (including phenoxy) is 1. The molecule has 25 heavy (non-hydrogen) atoms. The van der Waals surface area contributed by atoms with E-state index in [4.69, 9.17) is 16.3 Å². The summed E-state index contributed by atoms with van der Waals surface area (Å²) in [4.78, 5) is 23.8. The fraction of sp³-hybridized carbons (Fsp3) is 0.188. The monoisotopic (exact) mass is 375 g/mol. The summed E-state index contributed by atoms with van der Waals surface area (Å²) in [6.45, 7) is 2.13. The molecule has 0 aliphatic rings. The number of fused-ring (bicyclic) bond motifs is 1. The molecule has 0 radical (unpaired) electrons. The number of hydrogen-bond acceptors (Lipinski definition) is 8. The molecule has 1 aromatic carbocycles. The van der Waals surface area contributed by atoms with Gasteiger partial charge >= 0.3 is 5.97 Å². The molecule has 0 bridgehead atoms. The summed E-state index contributed by atoms with van der Waals surface area (Å²) in [5.41, 5.74) is 5.11. The van der Waals surface area contributed by atoms with Gasteiger partial charge in [0.1, 0.15) is 11.5 Å². The van der Waals surface area contributed by atoms with Crippen molar-refractivity contribution in [3.63, 3.8) is 0 Å². The van der Waals surface area contributed by atoms with Crippen LogP contribution >= 0.6 is 22.9 Å². The fourth-order valence-electron chi connectivity index (χ4n) is 2.08. The van der Waals surface area contributed by atoms with Crippen molar-refractivity contribution in [2.75, 3.05) is 12.0 Å². The van der Waals surface area contributed by atoms with Crippen LogP contribution in [-0.4, -0.2) is 33.7 Å². The van der Waals surface area contributed by atoms with E-state index in [-0.39, 0.29) is 12.4 Å². The number of thiazole rings is 1. The molecule has 1 N–H and O–H groups in total. The summed E-state index contributed by atoms with van der Waals surface area (Å²) in [7, 11) is 0.